The van der Waals surface area contributed by atoms with E-state index >= 15 is 0 Å². The van der Waals surface area contributed by atoms with Crippen LogP contribution >= 0.6 is 0 Å². The van der Waals surface area contributed by atoms with Gasteiger partial charge in [0.05, 0.1) is 13.7 Å². The van der Waals surface area contributed by atoms with Gasteiger partial charge in [0, 0.05) is 6.42 Å². The van der Waals surface area contributed by atoms with Gasteiger partial charge in [-0.15, -0.1) is 6.58 Å². The van der Waals surface area contributed by atoms with E-state index < -0.39 is 17.5 Å². The first-order valence-corrected chi connectivity index (χ1v) is 6.65. The number of methoxy groups -OCH3 is 1. The van der Waals surface area contributed by atoms with Crippen LogP contribution in [0.2, 0.25) is 0 Å². The van der Waals surface area contributed by atoms with Crippen LogP contribution in [0, 0.1) is 0 Å². The Balaban J connectivity index is 3.18. The van der Waals surface area contributed by atoms with Crippen molar-refractivity contribution in [1.82, 2.24) is 0 Å². The van der Waals surface area contributed by atoms with Gasteiger partial charge in [0.1, 0.15) is 6.61 Å². The van der Waals surface area contributed by atoms with E-state index in [1.165, 1.54) is 7.11 Å². The van der Waals surface area contributed by atoms with Gasteiger partial charge in [-0.1, -0.05) is 36.4 Å². The van der Waals surface area contributed by atoms with Crippen molar-refractivity contribution in [3.8, 4) is 0 Å². The molecule has 0 spiro atoms. The Labute approximate surface area is 124 Å². The van der Waals surface area contributed by atoms with E-state index in [1.54, 1.807) is 37.3 Å². The first-order valence-electron chi connectivity index (χ1n) is 6.65. The van der Waals surface area contributed by atoms with Crippen molar-refractivity contribution in [3.63, 3.8) is 0 Å². The Morgan fingerprint density at radius 2 is 1.95 bits per heavy atom. The molecule has 0 unspecified atom stereocenters. The van der Waals surface area contributed by atoms with Gasteiger partial charge in [0.25, 0.3) is 0 Å². The van der Waals surface area contributed by atoms with Crippen LogP contribution in [0.4, 0.5) is 0 Å². The van der Waals surface area contributed by atoms with Crippen molar-refractivity contribution in [2.24, 2.45) is 0 Å². The topological polar surface area (TPSA) is 61.8 Å². The summed E-state index contributed by atoms with van der Waals surface area (Å²) in [6.07, 6.45) is 1.74. The molecule has 5 heteroatoms. The summed E-state index contributed by atoms with van der Waals surface area (Å²) in [5, 5.41) is 0. The number of benzene rings is 1. The quantitative estimate of drug-likeness (QED) is 0.543. The fraction of sp³-hybridized carbons (Fsp3) is 0.375. The van der Waals surface area contributed by atoms with Crippen LogP contribution < -0.4 is 0 Å². The molecule has 0 aliphatic heterocycles. The molecule has 1 atom stereocenters. The third-order valence-corrected chi connectivity index (χ3v) is 2.94. The van der Waals surface area contributed by atoms with Gasteiger partial charge >= 0.3 is 11.9 Å². The van der Waals surface area contributed by atoms with E-state index in [1.807, 2.05) is 6.07 Å². The lowest BCUT2D eigenvalue weighted by Gasteiger charge is -2.30. The van der Waals surface area contributed by atoms with E-state index in [0.717, 1.165) is 0 Å². The van der Waals surface area contributed by atoms with Crippen LogP contribution in [0.5, 0.6) is 0 Å². The molecule has 0 aromatic heterocycles. The zero-order valence-electron chi connectivity index (χ0n) is 12.3. The highest BCUT2D eigenvalue weighted by Crippen LogP contribution is 2.32. The monoisotopic (exact) mass is 292 g/mol. The van der Waals surface area contributed by atoms with Gasteiger partial charge in [-0.25, -0.2) is 9.59 Å². The van der Waals surface area contributed by atoms with Crippen molar-refractivity contribution in [2.75, 3.05) is 20.3 Å². The first-order chi connectivity index (χ1) is 10.1. The number of carbonyl (C=O) groups is 2. The van der Waals surface area contributed by atoms with Crippen LogP contribution in [0.3, 0.4) is 0 Å². The Morgan fingerprint density at radius 3 is 2.48 bits per heavy atom. The summed E-state index contributed by atoms with van der Waals surface area (Å²) in [6, 6.07) is 8.89. The molecule has 1 aromatic rings. The molecule has 0 saturated carbocycles. The average Bonchev–Trinajstić information content (AvgIpc) is 2.52. The van der Waals surface area contributed by atoms with E-state index in [-0.39, 0.29) is 19.6 Å². The van der Waals surface area contributed by atoms with E-state index in [0.29, 0.717) is 5.56 Å². The molecule has 0 heterocycles. The zero-order valence-corrected chi connectivity index (χ0v) is 12.3. The van der Waals surface area contributed by atoms with Crippen LogP contribution in [-0.2, 0) is 29.4 Å². The second-order valence-electron chi connectivity index (χ2n) is 4.27. The largest absolute Gasteiger partial charge is 0.467 e. The highest BCUT2D eigenvalue weighted by Gasteiger charge is 2.42. The van der Waals surface area contributed by atoms with Crippen LogP contribution in [-0.4, -0.2) is 32.3 Å². The molecule has 0 N–H and O–H groups in total. The molecule has 1 rings (SSSR count). The van der Waals surface area contributed by atoms with Gasteiger partial charge in [-0.3, -0.25) is 0 Å². The van der Waals surface area contributed by atoms with Crippen molar-refractivity contribution in [1.29, 1.82) is 0 Å². The third-order valence-electron chi connectivity index (χ3n) is 2.94. The SMILES string of the molecule is C=CC[C@](OCC(=O)OC)(C(=O)OCC)c1ccccc1. The molecular formula is C16H20O5. The summed E-state index contributed by atoms with van der Waals surface area (Å²) in [5.41, 5.74) is -0.792. The molecule has 114 valence electrons. The molecule has 21 heavy (non-hydrogen) atoms. The molecule has 0 amide bonds. The lowest BCUT2D eigenvalue weighted by Crippen LogP contribution is -2.41. The molecule has 0 radical (unpaired) electrons. The number of hydrogen-bond donors (Lipinski definition) is 0. The Hall–Kier alpha value is -2.14. The van der Waals surface area contributed by atoms with Gasteiger partial charge in [-0.2, -0.15) is 0 Å². The normalized spacial score (nSPS) is 13.0. The number of hydrogen-bond acceptors (Lipinski definition) is 5. The summed E-state index contributed by atoms with van der Waals surface area (Å²) in [6.45, 7) is 5.23. The van der Waals surface area contributed by atoms with Crippen molar-refractivity contribution in [3.05, 3.63) is 48.6 Å². The minimum Gasteiger partial charge on any atom is -0.467 e. The average molecular weight is 292 g/mol. The number of ether oxygens (including phenoxy) is 3. The van der Waals surface area contributed by atoms with E-state index in [2.05, 4.69) is 11.3 Å². The molecule has 5 nitrogen and oxygen atoms in total. The maximum Gasteiger partial charge on any atom is 0.343 e. The molecule has 0 fully saturated rings. The predicted molar refractivity (Wildman–Crippen MR) is 77.5 cm³/mol. The number of esters is 2. The van der Waals surface area contributed by atoms with Gasteiger partial charge in [-0.05, 0) is 12.5 Å². The maximum atomic E-state index is 12.4. The summed E-state index contributed by atoms with van der Waals surface area (Å²) >= 11 is 0. The van der Waals surface area contributed by atoms with Gasteiger partial charge in [0.2, 0.25) is 0 Å². The van der Waals surface area contributed by atoms with Crippen molar-refractivity contribution >= 4 is 11.9 Å². The maximum absolute atomic E-state index is 12.4. The number of rotatable bonds is 8. The summed E-state index contributed by atoms with van der Waals surface area (Å²) in [5.74, 6) is -1.12. The minimum absolute atomic E-state index is 0.187. The fourth-order valence-corrected chi connectivity index (χ4v) is 1.92. The second-order valence-corrected chi connectivity index (χ2v) is 4.27. The Morgan fingerprint density at radius 1 is 1.29 bits per heavy atom. The molecule has 0 bridgehead atoms. The molecule has 0 aliphatic rings. The molecule has 0 saturated heterocycles. The molecule has 1 aromatic carbocycles. The second kappa shape index (κ2) is 8.21. The van der Waals surface area contributed by atoms with Crippen LogP contribution in [0.25, 0.3) is 0 Å². The highest BCUT2D eigenvalue weighted by molar-refractivity contribution is 5.82. The van der Waals surface area contributed by atoms with Gasteiger partial charge in [0.15, 0.2) is 5.60 Å². The Bertz CT molecular complexity index is 483. The minimum atomic E-state index is -1.40. The Kier molecular flexibility index (Phi) is 6.62. The first kappa shape index (κ1) is 16.9. The van der Waals surface area contributed by atoms with Gasteiger partial charge < -0.3 is 14.2 Å². The lowest BCUT2D eigenvalue weighted by atomic mass is 9.90. The zero-order chi connectivity index (χ0) is 15.7. The summed E-state index contributed by atoms with van der Waals surface area (Å²) in [4.78, 5) is 23.8. The third kappa shape index (κ3) is 4.16. The summed E-state index contributed by atoms with van der Waals surface area (Å²) < 4.78 is 15.3. The van der Waals surface area contributed by atoms with Crippen molar-refractivity contribution < 1.29 is 23.8 Å². The molecule has 0 aliphatic carbocycles. The van der Waals surface area contributed by atoms with E-state index in [4.69, 9.17) is 9.47 Å². The fourth-order valence-electron chi connectivity index (χ4n) is 1.92. The lowest BCUT2D eigenvalue weighted by molar-refractivity contribution is -0.179. The van der Waals surface area contributed by atoms with Crippen LogP contribution in [0.1, 0.15) is 18.9 Å². The van der Waals surface area contributed by atoms with Crippen molar-refractivity contribution in [2.45, 2.75) is 18.9 Å². The number of carbonyl (C=O) groups excluding carboxylic acids is 2. The smallest absolute Gasteiger partial charge is 0.343 e. The highest BCUT2D eigenvalue weighted by atomic mass is 16.6. The van der Waals surface area contributed by atoms with E-state index in [9.17, 15) is 9.59 Å². The van der Waals surface area contributed by atoms with Crippen LogP contribution in [0.15, 0.2) is 43.0 Å². The predicted octanol–water partition coefficient (Wildman–Crippen LogP) is 2.21. The standard InChI is InChI=1S/C16H20O5/c1-4-11-16(15(18)20-5-2,21-12-14(17)19-3)13-9-7-6-8-10-13/h4,6-10H,1,5,11-12H2,2-3H3/t16-/m1/s1. The molecular weight excluding hydrogens is 272 g/mol. The summed E-state index contributed by atoms with van der Waals surface area (Å²) in [7, 11) is 1.26.